The first kappa shape index (κ1) is 13.4. The van der Waals surface area contributed by atoms with Gasteiger partial charge in [-0.3, -0.25) is 0 Å². The number of rotatable bonds is 5. The predicted molar refractivity (Wildman–Crippen MR) is 81.8 cm³/mol. The molecule has 1 aromatic heterocycles. The first-order valence-corrected chi connectivity index (χ1v) is 7.43. The Hall–Kier alpha value is -1.61. The van der Waals surface area contributed by atoms with E-state index in [2.05, 4.69) is 54.0 Å². The van der Waals surface area contributed by atoms with Crippen molar-refractivity contribution in [2.24, 2.45) is 0 Å². The van der Waals surface area contributed by atoms with E-state index in [-0.39, 0.29) is 0 Å². The van der Waals surface area contributed by atoms with Crippen LogP contribution in [-0.2, 0) is 13.1 Å². The van der Waals surface area contributed by atoms with Crippen LogP contribution in [0, 0.1) is 20.8 Å². The van der Waals surface area contributed by atoms with Gasteiger partial charge in [-0.05, 0) is 50.3 Å². The maximum Gasteiger partial charge on any atom is 0.122 e. The molecule has 1 fully saturated rings. The van der Waals surface area contributed by atoms with Crippen molar-refractivity contribution in [3.05, 3.63) is 52.6 Å². The van der Waals surface area contributed by atoms with Crippen LogP contribution in [0.1, 0.15) is 40.9 Å². The third-order valence-corrected chi connectivity index (χ3v) is 4.10. The monoisotopic (exact) mass is 269 g/mol. The van der Waals surface area contributed by atoms with Crippen molar-refractivity contribution in [2.45, 2.75) is 52.7 Å². The molecule has 3 heteroatoms. The van der Waals surface area contributed by atoms with Gasteiger partial charge in [-0.2, -0.15) is 0 Å². The molecule has 20 heavy (non-hydrogen) atoms. The van der Waals surface area contributed by atoms with Gasteiger partial charge in [0, 0.05) is 25.0 Å². The van der Waals surface area contributed by atoms with E-state index in [0.717, 1.165) is 25.0 Å². The third kappa shape index (κ3) is 2.93. The van der Waals surface area contributed by atoms with Crippen LogP contribution in [0.15, 0.2) is 24.5 Å². The molecule has 0 aliphatic heterocycles. The number of nitrogens with one attached hydrogen (secondary N) is 1. The fraction of sp³-hybridized carbons (Fsp3) is 0.471. The summed E-state index contributed by atoms with van der Waals surface area (Å²) in [4.78, 5) is 4.49. The lowest BCUT2D eigenvalue weighted by molar-refractivity contribution is 0.617. The summed E-state index contributed by atoms with van der Waals surface area (Å²) in [5.41, 5.74) is 5.50. The Morgan fingerprint density at radius 3 is 2.55 bits per heavy atom. The minimum atomic E-state index is 0.725. The number of benzene rings is 1. The maximum atomic E-state index is 4.49. The normalized spacial score (nSPS) is 14.8. The zero-order chi connectivity index (χ0) is 14.1. The maximum absolute atomic E-state index is 4.49. The summed E-state index contributed by atoms with van der Waals surface area (Å²) in [6, 6.07) is 5.26. The third-order valence-electron chi connectivity index (χ3n) is 4.10. The van der Waals surface area contributed by atoms with E-state index in [1.165, 1.54) is 35.1 Å². The molecular formula is C17H23N3. The molecule has 1 saturated carbocycles. The number of aryl methyl sites for hydroxylation is 3. The number of nitrogens with zero attached hydrogens (tertiary/aromatic N) is 2. The van der Waals surface area contributed by atoms with Gasteiger partial charge in [0.15, 0.2) is 0 Å². The largest absolute Gasteiger partial charge is 0.329 e. The molecule has 0 amide bonds. The highest BCUT2D eigenvalue weighted by molar-refractivity contribution is 5.37. The SMILES string of the molecule is Cc1cc(C)c(Cn2ccnc2CNC2CC2)c(C)c1. The molecule has 0 bridgehead atoms. The highest BCUT2D eigenvalue weighted by Gasteiger charge is 2.20. The van der Waals surface area contributed by atoms with Crippen molar-refractivity contribution >= 4 is 0 Å². The lowest BCUT2D eigenvalue weighted by Crippen LogP contribution is -2.19. The Labute approximate surface area is 121 Å². The van der Waals surface area contributed by atoms with Crippen LogP contribution in [0.25, 0.3) is 0 Å². The van der Waals surface area contributed by atoms with Crippen molar-refractivity contribution in [2.75, 3.05) is 0 Å². The first-order chi connectivity index (χ1) is 9.63. The van der Waals surface area contributed by atoms with Gasteiger partial charge >= 0.3 is 0 Å². The second kappa shape index (κ2) is 5.41. The van der Waals surface area contributed by atoms with Gasteiger partial charge in [-0.25, -0.2) is 4.98 Å². The molecule has 2 aromatic rings. The van der Waals surface area contributed by atoms with Crippen molar-refractivity contribution in [1.82, 2.24) is 14.9 Å². The lowest BCUT2D eigenvalue weighted by atomic mass is 10.00. The zero-order valence-electron chi connectivity index (χ0n) is 12.6. The quantitative estimate of drug-likeness (QED) is 0.904. The summed E-state index contributed by atoms with van der Waals surface area (Å²) in [6.45, 7) is 8.36. The number of hydrogen-bond donors (Lipinski definition) is 1. The van der Waals surface area contributed by atoms with Crippen molar-refractivity contribution < 1.29 is 0 Å². The predicted octanol–water partition coefficient (Wildman–Crippen LogP) is 3.11. The lowest BCUT2D eigenvalue weighted by Gasteiger charge is -2.14. The summed E-state index contributed by atoms with van der Waals surface area (Å²) >= 11 is 0. The summed E-state index contributed by atoms with van der Waals surface area (Å²) < 4.78 is 2.26. The van der Waals surface area contributed by atoms with Crippen molar-refractivity contribution in [3.63, 3.8) is 0 Å². The average Bonchev–Trinajstić information content (AvgIpc) is 3.11. The Kier molecular flexibility index (Phi) is 3.62. The highest BCUT2D eigenvalue weighted by atomic mass is 15.1. The average molecular weight is 269 g/mol. The molecule has 0 atom stereocenters. The van der Waals surface area contributed by atoms with E-state index in [1.54, 1.807) is 0 Å². The van der Waals surface area contributed by atoms with E-state index >= 15 is 0 Å². The van der Waals surface area contributed by atoms with E-state index in [9.17, 15) is 0 Å². The molecule has 0 unspecified atom stereocenters. The Bertz CT molecular complexity index is 585. The van der Waals surface area contributed by atoms with Crippen LogP contribution in [0.5, 0.6) is 0 Å². The molecule has 3 rings (SSSR count). The summed E-state index contributed by atoms with van der Waals surface area (Å²) in [6.07, 6.45) is 6.62. The Morgan fingerprint density at radius 2 is 1.90 bits per heavy atom. The minimum absolute atomic E-state index is 0.725. The summed E-state index contributed by atoms with van der Waals surface area (Å²) in [7, 11) is 0. The van der Waals surface area contributed by atoms with Gasteiger partial charge in [0.2, 0.25) is 0 Å². The van der Waals surface area contributed by atoms with E-state index in [1.807, 2.05) is 6.20 Å². The van der Waals surface area contributed by atoms with Crippen molar-refractivity contribution in [3.8, 4) is 0 Å². The van der Waals surface area contributed by atoms with Crippen LogP contribution in [0.3, 0.4) is 0 Å². The van der Waals surface area contributed by atoms with Gasteiger partial charge in [0.1, 0.15) is 5.82 Å². The fourth-order valence-electron chi connectivity index (χ4n) is 2.80. The fourth-order valence-corrected chi connectivity index (χ4v) is 2.80. The van der Waals surface area contributed by atoms with Crippen LogP contribution in [0.4, 0.5) is 0 Å². The molecular weight excluding hydrogens is 246 g/mol. The van der Waals surface area contributed by atoms with Crippen LogP contribution >= 0.6 is 0 Å². The van der Waals surface area contributed by atoms with Gasteiger partial charge in [-0.15, -0.1) is 0 Å². The van der Waals surface area contributed by atoms with Crippen molar-refractivity contribution in [1.29, 1.82) is 0 Å². The summed E-state index contributed by atoms with van der Waals surface area (Å²) in [5.74, 6) is 1.14. The van der Waals surface area contributed by atoms with E-state index in [4.69, 9.17) is 0 Å². The molecule has 0 radical (unpaired) electrons. The second-order valence-electron chi connectivity index (χ2n) is 6.00. The molecule has 0 spiro atoms. The number of aromatic nitrogens is 2. The highest BCUT2D eigenvalue weighted by Crippen LogP contribution is 2.20. The standard InChI is InChI=1S/C17H23N3/c1-12-8-13(2)16(14(3)9-12)11-20-7-6-18-17(20)10-19-15-4-5-15/h6-9,15,19H,4-5,10-11H2,1-3H3. The Balaban J connectivity index is 1.78. The van der Waals surface area contributed by atoms with Gasteiger partial charge < -0.3 is 9.88 Å². The first-order valence-electron chi connectivity index (χ1n) is 7.43. The van der Waals surface area contributed by atoms with Gasteiger partial charge in [0.05, 0.1) is 6.54 Å². The number of hydrogen-bond acceptors (Lipinski definition) is 2. The molecule has 1 aliphatic rings. The van der Waals surface area contributed by atoms with E-state index in [0.29, 0.717) is 0 Å². The van der Waals surface area contributed by atoms with Gasteiger partial charge in [0.25, 0.3) is 0 Å². The molecule has 1 aromatic carbocycles. The Morgan fingerprint density at radius 1 is 1.20 bits per heavy atom. The summed E-state index contributed by atoms with van der Waals surface area (Å²) in [5, 5.41) is 3.54. The number of imidazole rings is 1. The molecule has 106 valence electrons. The van der Waals surface area contributed by atoms with E-state index < -0.39 is 0 Å². The molecule has 1 N–H and O–H groups in total. The van der Waals surface area contributed by atoms with Crippen LogP contribution in [0.2, 0.25) is 0 Å². The molecule has 0 saturated heterocycles. The van der Waals surface area contributed by atoms with Crippen LogP contribution in [-0.4, -0.2) is 15.6 Å². The zero-order valence-corrected chi connectivity index (χ0v) is 12.6. The molecule has 1 aliphatic carbocycles. The van der Waals surface area contributed by atoms with Crippen LogP contribution < -0.4 is 5.32 Å². The molecule has 3 nitrogen and oxygen atoms in total. The second-order valence-corrected chi connectivity index (χ2v) is 6.00. The molecule has 1 heterocycles. The minimum Gasteiger partial charge on any atom is -0.329 e. The smallest absolute Gasteiger partial charge is 0.122 e. The topological polar surface area (TPSA) is 29.9 Å². The van der Waals surface area contributed by atoms with Gasteiger partial charge in [-0.1, -0.05) is 17.7 Å².